The molecule has 0 saturated heterocycles. The number of hydrogen-bond donors (Lipinski definition) is 0. The Kier molecular flexibility index (Phi) is 3.06. The van der Waals surface area contributed by atoms with Crippen LogP contribution in [0.25, 0.3) is 5.57 Å². The molecule has 3 rings (SSSR count). The second-order valence-electron chi connectivity index (χ2n) is 5.39. The maximum absolute atomic E-state index is 12.8. The summed E-state index contributed by atoms with van der Waals surface area (Å²) in [5, 5.41) is 0. The molecule has 0 saturated carbocycles. The van der Waals surface area contributed by atoms with E-state index < -0.39 is 0 Å². The quantitative estimate of drug-likeness (QED) is 0.662. The van der Waals surface area contributed by atoms with E-state index in [1.165, 1.54) is 5.56 Å². The molecule has 0 N–H and O–H groups in total. The Morgan fingerprint density at radius 2 is 1.70 bits per heavy atom. The first kappa shape index (κ1) is 12.9. The molecule has 0 amide bonds. The van der Waals surface area contributed by atoms with Crippen molar-refractivity contribution in [3.63, 3.8) is 0 Å². The lowest BCUT2D eigenvalue weighted by Gasteiger charge is -2.25. The number of ketones is 1. The topological polar surface area (TPSA) is 17.1 Å². The van der Waals surface area contributed by atoms with E-state index in [4.69, 9.17) is 0 Å². The van der Waals surface area contributed by atoms with Gasteiger partial charge in [-0.25, -0.2) is 0 Å². The molecule has 20 heavy (non-hydrogen) atoms. The molecule has 100 valence electrons. The van der Waals surface area contributed by atoms with Gasteiger partial charge in [0.25, 0.3) is 0 Å². The van der Waals surface area contributed by atoms with Crippen molar-refractivity contribution >= 4 is 11.4 Å². The van der Waals surface area contributed by atoms with Gasteiger partial charge in [0, 0.05) is 11.1 Å². The molecule has 1 nitrogen and oxygen atoms in total. The first-order valence-corrected chi connectivity index (χ1v) is 7.11. The first-order valence-electron chi connectivity index (χ1n) is 7.11. The Bertz CT molecular complexity index is 723. The molecule has 1 aliphatic rings. The lowest BCUT2D eigenvalue weighted by Crippen LogP contribution is -2.17. The molecule has 0 spiro atoms. The molecule has 0 aliphatic heterocycles. The molecule has 2 aromatic rings. The van der Waals surface area contributed by atoms with Gasteiger partial charge in [-0.2, -0.15) is 0 Å². The summed E-state index contributed by atoms with van der Waals surface area (Å²) in [7, 11) is 0. The van der Waals surface area contributed by atoms with Crippen LogP contribution >= 0.6 is 0 Å². The van der Waals surface area contributed by atoms with Gasteiger partial charge in [0.05, 0.1) is 0 Å². The molecule has 0 unspecified atom stereocenters. The van der Waals surface area contributed by atoms with E-state index in [0.29, 0.717) is 0 Å². The lowest BCUT2D eigenvalue weighted by molar-refractivity contribution is 0.103. The summed E-state index contributed by atoms with van der Waals surface area (Å²) < 4.78 is 0. The van der Waals surface area contributed by atoms with Gasteiger partial charge in [0.15, 0.2) is 5.78 Å². The van der Waals surface area contributed by atoms with Crippen molar-refractivity contribution in [2.75, 3.05) is 0 Å². The van der Waals surface area contributed by atoms with Gasteiger partial charge >= 0.3 is 0 Å². The molecule has 0 fully saturated rings. The lowest BCUT2D eigenvalue weighted by atomic mass is 9.77. The second-order valence-corrected chi connectivity index (χ2v) is 5.39. The van der Waals surface area contributed by atoms with Crippen molar-refractivity contribution in [1.82, 2.24) is 0 Å². The highest BCUT2D eigenvalue weighted by molar-refractivity contribution is 6.19. The van der Waals surface area contributed by atoms with Crippen LogP contribution in [0, 0.1) is 6.92 Å². The van der Waals surface area contributed by atoms with Crippen LogP contribution in [0.5, 0.6) is 0 Å². The maximum Gasteiger partial charge on any atom is 0.194 e. The molecule has 0 radical (unpaired) electrons. The number of benzene rings is 2. The summed E-state index contributed by atoms with van der Waals surface area (Å²) >= 11 is 0. The number of fused-ring (bicyclic) bond motifs is 2. The van der Waals surface area contributed by atoms with E-state index >= 15 is 0 Å². The molecule has 0 heterocycles. The van der Waals surface area contributed by atoms with Gasteiger partial charge in [0.1, 0.15) is 0 Å². The molecule has 0 bridgehead atoms. The van der Waals surface area contributed by atoms with Crippen molar-refractivity contribution in [3.05, 3.63) is 76.4 Å². The summed E-state index contributed by atoms with van der Waals surface area (Å²) in [6, 6.07) is 12.0. The van der Waals surface area contributed by atoms with E-state index in [2.05, 4.69) is 25.6 Å². The van der Waals surface area contributed by atoms with Gasteiger partial charge in [-0.3, -0.25) is 4.79 Å². The Hall–Kier alpha value is -2.15. The van der Waals surface area contributed by atoms with Crippen LogP contribution in [0.1, 0.15) is 51.5 Å². The van der Waals surface area contributed by atoms with Crippen LogP contribution in [0.15, 0.2) is 43.0 Å². The minimum Gasteiger partial charge on any atom is -0.289 e. The average Bonchev–Trinajstić information content (AvgIpc) is 2.47. The standard InChI is InChI=1S/C19H18O/c1-4-7-14-11-10-12(2)17-18(14)13(3)15-8-5-6-9-16(15)19(17)20/h5-6,8-11H,3-4,7H2,1-2H3. The van der Waals surface area contributed by atoms with E-state index in [1.807, 2.05) is 31.2 Å². The van der Waals surface area contributed by atoms with E-state index in [9.17, 15) is 4.79 Å². The third kappa shape index (κ3) is 1.74. The minimum atomic E-state index is 0.137. The monoisotopic (exact) mass is 262 g/mol. The number of carbonyl (C=O) groups excluding carboxylic acids is 1. The van der Waals surface area contributed by atoms with Crippen LogP contribution in [-0.2, 0) is 6.42 Å². The van der Waals surface area contributed by atoms with E-state index in [-0.39, 0.29) is 5.78 Å². The molecular formula is C19H18O. The number of aryl methyl sites for hydroxylation is 2. The first-order chi connectivity index (χ1) is 9.65. The minimum absolute atomic E-state index is 0.137. The predicted molar refractivity (Wildman–Crippen MR) is 83.2 cm³/mol. The predicted octanol–water partition coefficient (Wildman–Crippen LogP) is 4.55. The van der Waals surface area contributed by atoms with Crippen LogP contribution < -0.4 is 0 Å². The Morgan fingerprint density at radius 3 is 2.40 bits per heavy atom. The molecule has 1 aliphatic carbocycles. The summed E-state index contributed by atoms with van der Waals surface area (Å²) in [6.07, 6.45) is 2.05. The molecule has 1 heteroatoms. The van der Waals surface area contributed by atoms with Crippen molar-refractivity contribution in [1.29, 1.82) is 0 Å². The summed E-state index contributed by atoms with van der Waals surface area (Å²) in [4.78, 5) is 12.8. The number of hydrogen-bond acceptors (Lipinski definition) is 1. The normalized spacial score (nSPS) is 13.1. The van der Waals surface area contributed by atoms with E-state index in [1.54, 1.807) is 0 Å². The zero-order valence-corrected chi connectivity index (χ0v) is 12.0. The van der Waals surface area contributed by atoms with Crippen molar-refractivity contribution in [2.24, 2.45) is 0 Å². The fraction of sp³-hybridized carbons (Fsp3) is 0.211. The molecule has 2 aromatic carbocycles. The third-order valence-electron chi connectivity index (χ3n) is 4.04. The van der Waals surface area contributed by atoms with Crippen LogP contribution in [0.3, 0.4) is 0 Å². The van der Waals surface area contributed by atoms with Crippen molar-refractivity contribution in [3.8, 4) is 0 Å². The Balaban J connectivity index is 2.32. The van der Waals surface area contributed by atoms with Gasteiger partial charge in [0.2, 0.25) is 0 Å². The highest BCUT2D eigenvalue weighted by Gasteiger charge is 2.28. The van der Waals surface area contributed by atoms with Crippen LogP contribution in [0.4, 0.5) is 0 Å². The zero-order chi connectivity index (χ0) is 14.3. The third-order valence-corrected chi connectivity index (χ3v) is 4.04. The fourth-order valence-corrected chi connectivity index (χ4v) is 3.08. The maximum atomic E-state index is 12.8. The van der Waals surface area contributed by atoms with Crippen molar-refractivity contribution < 1.29 is 4.79 Å². The highest BCUT2D eigenvalue weighted by atomic mass is 16.1. The SMILES string of the molecule is C=C1c2ccccc2C(=O)c2c(C)ccc(CCC)c21. The second kappa shape index (κ2) is 4.75. The number of rotatable bonds is 2. The van der Waals surface area contributed by atoms with Gasteiger partial charge in [-0.1, -0.05) is 56.3 Å². The molecule has 0 aromatic heterocycles. The van der Waals surface area contributed by atoms with Crippen LogP contribution in [0.2, 0.25) is 0 Å². The Labute approximate surface area is 120 Å². The highest BCUT2D eigenvalue weighted by Crippen LogP contribution is 2.38. The van der Waals surface area contributed by atoms with Gasteiger partial charge in [-0.05, 0) is 41.2 Å². The fourth-order valence-electron chi connectivity index (χ4n) is 3.08. The summed E-state index contributed by atoms with van der Waals surface area (Å²) in [5.74, 6) is 0.137. The number of carbonyl (C=O) groups is 1. The molecular weight excluding hydrogens is 244 g/mol. The largest absolute Gasteiger partial charge is 0.289 e. The summed E-state index contributed by atoms with van der Waals surface area (Å²) in [6.45, 7) is 8.43. The van der Waals surface area contributed by atoms with E-state index in [0.717, 1.165) is 46.2 Å². The van der Waals surface area contributed by atoms with Gasteiger partial charge in [-0.15, -0.1) is 0 Å². The smallest absolute Gasteiger partial charge is 0.194 e. The van der Waals surface area contributed by atoms with Crippen molar-refractivity contribution in [2.45, 2.75) is 26.7 Å². The molecule has 0 atom stereocenters. The zero-order valence-electron chi connectivity index (χ0n) is 12.0. The van der Waals surface area contributed by atoms with Crippen LogP contribution in [-0.4, -0.2) is 5.78 Å². The van der Waals surface area contributed by atoms with Gasteiger partial charge < -0.3 is 0 Å². The Morgan fingerprint density at radius 1 is 1.00 bits per heavy atom. The summed E-state index contributed by atoms with van der Waals surface area (Å²) in [5.41, 5.74) is 6.94. The average molecular weight is 262 g/mol.